The molecule has 3 atom stereocenters. The van der Waals surface area contributed by atoms with Gasteiger partial charge < -0.3 is 9.64 Å². The number of fused-ring (bicyclic) bond motifs is 2. The van der Waals surface area contributed by atoms with Crippen LogP contribution < -0.4 is 4.74 Å². The summed E-state index contributed by atoms with van der Waals surface area (Å²) in [4.78, 5) is 41.8. The summed E-state index contributed by atoms with van der Waals surface area (Å²) >= 11 is 0. The van der Waals surface area contributed by atoms with Crippen LogP contribution in [0, 0.1) is 5.92 Å². The van der Waals surface area contributed by atoms with E-state index in [0.29, 0.717) is 23.3 Å². The summed E-state index contributed by atoms with van der Waals surface area (Å²) < 4.78 is 5.21. The Morgan fingerprint density at radius 2 is 1.96 bits per heavy atom. The first-order chi connectivity index (χ1) is 12.9. The quantitative estimate of drug-likeness (QED) is 0.762. The molecule has 1 aliphatic carbocycles. The van der Waals surface area contributed by atoms with Gasteiger partial charge in [0.1, 0.15) is 5.75 Å². The second kappa shape index (κ2) is 6.66. The molecule has 3 fully saturated rings. The molecule has 6 heteroatoms. The maximum Gasteiger partial charge on any atom is 0.240 e. The van der Waals surface area contributed by atoms with Crippen molar-refractivity contribution in [3.05, 3.63) is 29.8 Å². The van der Waals surface area contributed by atoms with Gasteiger partial charge in [-0.15, -0.1) is 0 Å². The van der Waals surface area contributed by atoms with Crippen LogP contribution in [0.2, 0.25) is 0 Å². The normalized spacial score (nSPS) is 30.1. The van der Waals surface area contributed by atoms with Gasteiger partial charge in [-0.25, -0.2) is 0 Å². The van der Waals surface area contributed by atoms with Crippen molar-refractivity contribution in [3.63, 3.8) is 0 Å². The van der Waals surface area contributed by atoms with Crippen LogP contribution in [-0.2, 0) is 19.8 Å². The number of likely N-dealkylation sites (tertiary alicyclic amines) is 2. The van der Waals surface area contributed by atoms with Crippen molar-refractivity contribution in [2.75, 3.05) is 20.7 Å². The fourth-order valence-corrected chi connectivity index (χ4v) is 5.07. The molecule has 0 spiro atoms. The highest BCUT2D eigenvalue weighted by Gasteiger charge is 2.53. The number of nitrogens with zero attached hydrogens (tertiary/aromatic N) is 2. The number of carbonyl (C=O) groups excluding carboxylic acids is 3. The summed E-state index contributed by atoms with van der Waals surface area (Å²) in [5.41, 5.74) is -0.396. The highest BCUT2D eigenvalue weighted by Crippen LogP contribution is 2.42. The van der Waals surface area contributed by atoms with Gasteiger partial charge in [-0.2, -0.15) is 0 Å². The third-order valence-corrected chi connectivity index (χ3v) is 6.61. The molecule has 3 amide bonds. The molecule has 4 rings (SSSR count). The van der Waals surface area contributed by atoms with Gasteiger partial charge in [-0.1, -0.05) is 18.6 Å². The number of methoxy groups -OCH3 is 1. The van der Waals surface area contributed by atoms with Crippen molar-refractivity contribution in [2.45, 2.75) is 50.0 Å². The zero-order chi connectivity index (χ0) is 19.2. The Labute approximate surface area is 159 Å². The SMILES string of the molecule is COc1ccc(C2(CC(=O)N3CC4CCCC3C4)CC(=O)N(C)C2=O)cc1. The number of hydrogen-bond donors (Lipinski definition) is 0. The number of carbonyl (C=O) groups is 3. The second-order valence-electron chi connectivity index (χ2n) is 8.15. The molecule has 2 heterocycles. The van der Waals surface area contributed by atoms with Crippen LogP contribution in [0.3, 0.4) is 0 Å². The number of likely N-dealkylation sites (N-methyl/N-ethyl adjacent to an activating group) is 1. The zero-order valence-electron chi connectivity index (χ0n) is 15.9. The number of rotatable bonds is 4. The Kier molecular flexibility index (Phi) is 4.44. The van der Waals surface area contributed by atoms with E-state index < -0.39 is 5.41 Å². The van der Waals surface area contributed by atoms with Gasteiger partial charge in [0.25, 0.3) is 0 Å². The molecule has 1 aromatic carbocycles. The van der Waals surface area contributed by atoms with Crippen molar-refractivity contribution < 1.29 is 19.1 Å². The summed E-state index contributed by atoms with van der Waals surface area (Å²) in [5.74, 6) is 0.751. The number of ether oxygens (including phenoxy) is 1. The summed E-state index contributed by atoms with van der Waals surface area (Å²) in [5, 5.41) is 0. The Bertz CT molecular complexity index is 775. The number of hydrogen-bond acceptors (Lipinski definition) is 4. The highest BCUT2D eigenvalue weighted by atomic mass is 16.5. The van der Waals surface area contributed by atoms with E-state index in [9.17, 15) is 14.4 Å². The van der Waals surface area contributed by atoms with Crippen molar-refractivity contribution in [3.8, 4) is 5.75 Å². The zero-order valence-corrected chi connectivity index (χ0v) is 15.9. The lowest BCUT2D eigenvalue weighted by Crippen LogP contribution is -2.44. The summed E-state index contributed by atoms with van der Waals surface area (Å²) in [6.45, 7) is 0.792. The molecule has 2 aliphatic heterocycles. The molecule has 2 bridgehead atoms. The number of benzene rings is 1. The topological polar surface area (TPSA) is 66.9 Å². The van der Waals surface area contributed by atoms with E-state index in [4.69, 9.17) is 4.74 Å². The van der Waals surface area contributed by atoms with Crippen molar-refractivity contribution in [1.82, 2.24) is 9.80 Å². The van der Waals surface area contributed by atoms with Gasteiger partial charge in [0.05, 0.1) is 12.5 Å². The lowest BCUT2D eigenvalue weighted by atomic mass is 9.75. The van der Waals surface area contributed by atoms with E-state index in [1.54, 1.807) is 31.4 Å². The Morgan fingerprint density at radius 3 is 2.56 bits per heavy atom. The van der Waals surface area contributed by atoms with Crippen LogP contribution in [0.15, 0.2) is 24.3 Å². The van der Waals surface area contributed by atoms with E-state index in [0.717, 1.165) is 19.4 Å². The average molecular weight is 370 g/mol. The Hall–Kier alpha value is -2.37. The second-order valence-corrected chi connectivity index (χ2v) is 8.15. The van der Waals surface area contributed by atoms with E-state index in [1.165, 1.54) is 24.8 Å². The van der Waals surface area contributed by atoms with Gasteiger partial charge in [-0.3, -0.25) is 19.3 Å². The van der Waals surface area contributed by atoms with Crippen LogP contribution in [-0.4, -0.2) is 54.3 Å². The minimum absolute atomic E-state index is 0.00309. The van der Waals surface area contributed by atoms with E-state index in [2.05, 4.69) is 0 Å². The maximum atomic E-state index is 13.2. The van der Waals surface area contributed by atoms with Gasteiger partial charge in [0.2, 0.25) is 17.7 Å². The lowest BCUT2D eigenvalue weighted by molar-refractivity contribution is -0.141. The van der Waals surface area contributed by atoms with Crippen molar-refractivity contribution >= 4 is 17.7 Å². The molecule has 2 saturated heterocycles. The Morgan fingerprint density at radius 1 is 1.22 bits per heavy atom. The smallest absolute Gasteiger partial charge is 0.240 e. The predicted molar refractivity (Wildman–Crippen MR) is 99.1 cm³/mol. The summed E-state index contributed by atoms with van der Waals surface area (Å²) in [6, 6.07) is 7.47. The van der Waals surface area contributed by atoms with Crippen molar-refractivity contribution in [2.24, 2.45) is 5.92 Å². The lowest BCUT2D eigenvalue weighted by Gasteiger charge is -2.31. The predicted octanol–water partition coefficient (Wildman–Crippen LogP) is 2.11. The Balaban J connectivity index is 1.65. The van der Waals surface area contributed by atoms with E-state index >= 15 is 0 Å². The number of imide groups is 1. The molecule has 3 unspecified atom stereocenters. The molecule has 0 N–H and O–H groups in total. The van der Waals surface area contributed by atoms with Gasteiger partial charge in [-0.05, 0) is 42.9 Å². The first-order valence-corrected chi connectivity index (χ1v) is 9.69. The molecule has 1 aromatic rings. The van der Waals surface area contributed by atoms with Crippen LogP contribution in [0.25, 0.3) is 0 Å². The van der Waals surface area contributed by atoms with Crippen molar-refractivity contribution in [1.29, 1.82) is 0 Å². The maximum absolute atomic E-state index is 13.2. The minimum atomic E-state index is -1.11. The van der Waals surface area contributed by atoms with E-state index in [-0.39, 0.29) is 30.6 Å². The number of amides is 3. The summed E-state index contributed by atoms with van der Waals surface area (Å²) in [6.07, 6.45) is 4.57. The third kappa shape index (κ3) is 2.91. The molecule has 0 aromatic heterocycles. The standard InChI is InChI=1S/C21H26N2O4/c1-22-18(24)11-21(20(22)26,15-6-8-17(27-2)9-7-15)12-19(25)23-13-14-4-3-5-16(23)10-14/h6-9,14,16H,3-5,10-13H2,1-2H3. The molecule has 1 saturated carbocycles. The minimum Gasteiger partial charge on any atom is -0.497 e. The first-order valence-electron chi connectivity index (χ1n) is 9.69. The van der Waals surface area contributed by atoms with Gasteiger partial charge in [0.15, 0.2) is 0 Å². The fourth-order valence-electron chi connectivity index (χ4n) is 5.07. The molecular weight excluding hydrogens is 344 g/mol. The van der Waals surface area contributed by atoms with Crippen LogP contribution in [0.4, 0.5) is 0 Å². The molecule has 3 aliphatic rings. The van der Waals surface area contributed by atoms with Crippen LogP contribution >= 0.6 is 0 Å². The molecule has 144 valence electrons. The monoisotopic (exact) mass is 370 g/mol. The fraction of sp³-hybridized carbons (Fsp3) is 0.571. The largest absolute Gasteiger partial charge is 0.497 e. The third-order valence-electron chi connectivity index (χ3n) is 6.61. The van der Waals surface area contributed by atoms with Gasteiger partial charge in [0, 0.05) is 32.5 Å². The molecule has 6 nitrogen and oxygen atoms in total. The first kappa shape index (κ1) is 18.0. The van der Waals surface area contributed by atoms with Crippen LogP contribution in [0.1, 0.15) is 44.1 Å². The summed E-state index contributed by atoms with van der Waals surface area (Å²) in [7, 11) is 3.08. The highest BCUT2D eigenvalue weighted by molar-refractivity contribution is 6.10. The molecule has 27 heavy (non-hydrogen) atoms. The average Bonchev–Trinajstić information content (AvgIpc) is 3.10. The van der Waals surface area contributed by atoms with Crippen LogP contribution in [0.5, 0.6) is 5.75 Å². The molecular formula is C21H26N2O4. The molecule has 0 radical (unpaired) electrons. The van der Waals surface area contributed by atoms with Gasteiger partial charge >= 0.3 is 0 Å². The van der Waals surface area contributed by atoms with E-state index in [1.807, 2.05) is 4.90 Å².